The Hall–Kier alpha value is -1.19. The summed E-state index contributed by atoms with van der Waals surface area (Å²) in [7, 11) is 0. The molecule has 0 spiro atoms. The lowest BCUT2D eigenvalue weighted by molar-refractivity contribution is 0.155. The second-order valence-corrected chi connectivity index (χ2v) is 3.77. The molecule has 0 amide bonds. The van der Waals surface area contributed by atoms with Crippen LogP contribution in [-0.2, 0) is 0 Å². The summed E-state index contributed by atoms with van der Waals surface area (Å²) < 4.78 is 43.9. The van der Waals surface area contributed by atoms with Crippen molar-refractivity contribution in [3.63, 3.8) is 0 Å². The van der Waals surface area contributed by atoms with Gasteiger partial charge in [0.15, 0.2) is 17.4 Å². The van der Waals surface area contributed by atoms with Crippen molar-refractivity contribution in [2.45, 2.75) is 26.9 Å². The highest BCUT2D eigenvalue weighted by Gasteiger charge is 2.17. The zero-order valence-electron chi connectivity index (χ0n) is 8.85. The Labute approximate surface area is 86.9 Å². The second kappa shape index (κ2) is 4.55. The van der Waals surface area contributed by atoms with E-state index >= 15 is 0 Å². The summed E-state index contributed by atoms with van der Waals surface area (Å²) in [4.78, 5) is 0. The molecule has 4 heteroatoms. The Kier molecular flexibility index (Phi) is 3.61. The maximum Gasteiger partial charge on any atom is 0.191 e. The van der Waals surface area contributed by atoms with Crippen molar-refractivity contribution in [3.05, 3.63) is 29.6 Å². The van der Waals surface area contributed by atoms with Gasteiger partial charge in [0.05, 0.1) is 6.10 Å². The van der Waals surface area contributed by atoms with E-state index in [1.165, 1.54) is 0 Å². The smallest absolute Gasteiger partial charge is 0.191 e. The summed E-state index contributed by atoms with van der Waals surface area (Å²) >= 11 is 0. The SMILES string of the molecule is CC(C)C(C)Oc1c(F)cc(F)cc1F. The third kappa shape index (κ3) is 2.88. The van der Waals surface area contributed by atoms with Crippen LogP contribution in [0.25, 0.3) is 0 Å². The quantitative estimate of drug-likeness (QED) is 0.754. The standard InChI is InChI=1S/C11H13F3O/c1-6(2)7(3)15-11-9(13)4-8(12)5-10(11)14/h4-7H,1-3H3. The van der Waals surface area contributed by atoms with Gasteiger partial charge in [-0.15, -0.1) is 0 Å². The Morgan fingerprint density at radius 3 is 1.87 bits per heavy atom. The van der Waals surface area contributed by atoms with E-state index in [0.29, 0.717) is 12.1 Å². The molecule has 0 fully saturated rings. The van der Waals surface area contributed by atoms with Gasteiger partial charge in [0.25, 0.3) is 0 Å². The lowest BCUT2D eigenvalue weighted by atomic mass is 10.1. The average molecular weight is 218 g/mol. The van der Waals surface area contributed by atoms with Crippen LogP contribution >= 0.6 is 0 Å². The number of rotatable bonds is 3. The molecule has 0 radical (unpaired) electrons. The molecule has 1 rings (SSSR count). The van der Waals surface area contributed by atoms with Gasteiger partial charge in [0.1, 0.15) is 5.82 Å². The van der Waals surface area contributed by atoms with Crippen molar-refractivity contribution in [3.8, 4) is 5.75 Å². The topological polar surface area (TPSA) is 9.23 Å². The van der Waals surface area contributed by atoms with Crippen molar-refractivity contribution in [1.82, 2.24) is 0 Å². The van der Waals surface area contributed by atoms with E-state index in [1.807, 2.05) is 13.8 Å². The fourth-order valence-corrected chi connectivity index (χ4v) is 0.964. The molecule has 0 saturated heterocycles. The molecule has 0 aliphatic rings. The number of halogens is 3. The van der Waals surface area contributed by atoms with E-state index in [0.717, 1.165) is 0 Å². The van der Waals surface area contributed by atoms with Crippen molar-refractivity contribution in [2.24, 2.45) is 5.92 Å². The fraction of sp³-hybridized carbons (Fsp3) is 0.455. The predicted molar refractivity (Wildman–Crippen MR) is 51.2 cm³/mol. The van der Waals surface area contributed by atoms with Gasteiger partial charge in [0.2, 0.25) is 0 Å². The van der Waals surface area contributed by atoms with Gasteiger partial charge < -0.3 is 4.74 Å². The van der Waals surface area contributed by atoms with Gasteiger partial charge in [-0.05, 0) is 12.8 Å². The van der Waals surface area contributed by atoms with Crippen LogP contribution in [-0.4, -0.2) is 6.10 Å². The van der Waals surface area contributed by atoms with E-state index in [2.05, 4.69) is 0 Å². The first-order chi connectivity index (χ1) is 6.91. The highest BCUT2D eigenvalue weighted by Crippen LogP contribution is 2.25. The first-order valence-corrected chi connectivity index (χ1v) is 4.73. The van der Waals surface area contributed by atoms with E-state index in [9.17, 15) is 13.2 Å². The molecule has 1 aromatic carbocycles. The molecule has 1 atom stereocenters. The molecular formula is C11H13F3O. The number of hydrogen-bond donors (Lipinski definition) is 0. The van der Waals surface area contributed by atoms with Crippen molar-refractivity contribution < 1.29 is 17.9 Å². The summed E-state index contributed by atoms with van der Waals surface area (Å²) in [5.41, 5.74) is 0. The van der Waals surface area contributed by atoms with Gasteiger partial charge in [0, 0.05) is 12.1 Å². The molecule has 0 saturated carbocycles. The van der Waals surface area contributed by atoms with Crippen LogP contribution in [0.3, 0.4) is 0 Å². The van der Waals surface area contributed by atoms with Crippen LogP contribution in [0.1, 0.15) is 20.8 Å². The maximum atomic E-state index is 13.1. The van der Waals surface area contributed by atoms with Gasteiger partial charge >= 0.3 is 0 Å². The summed E-state index contributed by atoms with van der Waals surface area (Å²) in [6.07, 6.45) is -0.334. The van der Waals surface area contributed by atoms with Crippen molar-refractivity contribution >= 4 is 0 Å². The van der Waals surface area contributed by atoms with E-state index in [1.54, 1.807) is 6.92 Å². The molecule has 1 aromatic rings. The predicted octanol–water partition coefficient (Wildman–Crippen LogP) is 3.53. The fourth-order valence-electron chi connectivity index (χ4n) is 0.964. The van der Waals surface area contributed by atoms with Gasteiger partial charge in [-0.1, -0.05) is 13.8 Å². The molecule has 0 heterocycles. The summed E-state index contributed by atoms with van der Waals surface area (Å²) in [6.45, 7) is 5.43. The van der Waals surface area contributed by atoms with Crippen molar-refractivity contribution in [1.29, 1.82) is 0 Å². The molecule has 1 unspecified atom stereocenters. The zero-order valence-corrected chi connectivity index (χ0v) is 8.85. The third-order valence-electron chi connectivity index (χ3n) is 2.21. The van der Waals surface area contributed by atoms with Crippen molar-refractivity contribution in [2.75, 3.05) is 0 Å². The Morgan fingerprint density at radius 1 is 1.00 bits per heavy atom. The highest BCUT2D eigenvalue weighted by atomic mass is 19.1. The Morgan fingerprint density at radius 2 is 1.47 bits per heavy atom. The van der Waals surface area contributed by atoms with Crippen LogP contribution in [0.2, 0.25) is 0 Å². The van der Waals surface area contributed by atoms with Gasteiger partial charge in [-0.2, -0.15) is 0 Å². The molecule has 0 N–H and O–H groups in total. The van der Waals surface area contributed by atoms with Gasteiger partial charge in [-0.3, -0.25) is 0 Å². The van der Waals surface area contributed by atoms with Crippen LogP contribution in [0.5, 0.6) is 5.75 Å². The Bertz CT molecular complexity index is 327. The van der Waals surface area contributed by atoms with Crippen LogP contribution < -0.4 is 4.74 Å². The normalized spacial score (nSPS) is 13.0. The van der Waals surface area contributed by atoms with Gasteiger partial charge in [-0.25, -0.2) is 13.2 Å². The average Bonchev–Trinajstić information content (AvgIpc) is 2.10. The minimum Gasteiger partial charge on any atom is -0.484 e. The molecule has 84 valence electrons. The monoisotopic (exact) mass is 218 g/mol. The first kappa shape index (κ1) is 11.9. The molecule has 0 aliphatic carbocycles. The molecular weight excluding hydrogens is 205 g/mol. The molecule has 0 bridgehead atoms. The highest BCUT2D eigenvalue weighted by molar-refractivity contribution is 5.27. The van der Waals surface area contributed by atoms with Crippen LogP contribution in [0, 0.1) is 23.4 Å². The number of benzene rings is 1. The molecule has 1 nitrogen and oxygen atoms in total. The van der Waals surface area contributed by atoms with E-state index in [-0.39, 0.29) is 12.0 Å². The first-order valence-electron chi connectivity index (χ1n) is 4.73. The number of hydrogen-bond acceptors (Lipinski definition) is 1. The largest absolute Gasteiger partial charge is 0.484 e. The third-order valence-corrected chi connectivity index (χ3v) is 2.21. The minimum absolute atomic E-state index is 0.119. The second-order valence-electron chi connectivity index (χ2n) is 3.77. The van der Waals surface area contributed by atoms with E-state index in [4.69, 9.17) is 4.74 Å². The lowest BCUT2D eigenvalue weighted by Gasteiger charge is -2.18. The zero-order chi connectivity index (χ0) is 11.6. The van der Waals surface area contributed by atoms with E-state index < -0.39 is 23.2 Å². The van der Waals surface area contributed by atoms with Crippen LogP contribution in [0.15, 0.2) is 12.1 Å². The number of ether oxygens (including phenoxy) is 1. The summed E-state index contributed by atoms with van der Waals surface area (Å²) in [5, 5.41) is 0. The molecule has 0 aliphatic heterocycles. The minimum atomic E-state index is -1.01. The molecule has 0 aromatic heterocycles. The van der Waals surface area contributed by atoms with Crippen LogP contribution in [0.4, 0.5) is 13.2 Å². The summed E-state index contributed by atoms with van der Waals surface area (Å²) in [6, 6.07) is 1.21. The lowest BCUT2D eigenvalue weighted by Crippen LogP contribution is -2.20. The summed E-state index contributed by atoms with van der Waals surface area (Å²) in [5.74, 6) is -3.37. The Balaban J connectivity index is 2.95. The maximum absolute atomic E-state index is 13.1. The molecule has 15 heavy (non-hydrogen) atoms.